The van der Waals surface area contributed by atoms with Crippen molar-refractivity contribution in [3.05, 3.63) is 18.2 Å². The normalized spacial score (nSPS) is 9.80. The number of benzene rings is 1. The third-order valence-electron chi connectivity index (χ3n) is 1.59. The molecule has 0 heterocycles. The lowest BCUT2D eigenvalue weighted by Gasteiger charge is -2.11. The van der Waals surface area contributed by atoms with E-state index in [1.807, 2.05) is 18.2 Å². The Hall–Kier alpha value is -1.50. The van der Waals surface area contributed by atoms with Crippen LogP contribution in [0.3, 0.4) is 0 Å². The van der Waals surface area contributed by atoms with E-state index in [4.69, 9.17) is 14.5 Å². The molecule has 1 aromatic carbocycles. The minimum absolute atomic E-state index is 0.777. The molecule has 15 heavy (non-hydrogen) atoms. The summed E-state index contributed by atoms with van der Waals surface area (Å²) >= 11 is 0. The third kappa shape index (κ3) is 3.62. The summed E-state index contributed by atoms with van der Waals surface area (Å²) < 4.78 is 0. The average Bonchev–Trinajstić information content (AvgIpc) is 2.19. The van der Waals surface area contributed by atoms with Gasteiger partial charge in [-0.1, -0.05) is 0 Å². The van der Waals surface area contributed by atoms with E-state index < -0.39 is 0 Å². The largest absolute Gasteiger partial charge is 0.279 e. The summed E-state index contributed by atoms with van der Waals surface area (Å²) in [5, 5.41) is 0. The van der Waals surface area contributed by atoms with Crippen molar-refractivity contribution in [3.8, 4) is 0 Å². The maximum absolute atomic E-state index is 4.81. The molecule has 3 N–H and O–H groups in total. The molecule has 1 rings (SSSR count). The zero-order valence-electron chi connectivity index (χ0n) is 8.96. The quantitative estimate of drug-likeness (QED) is 0.624. The average molecular weight is 213 g/mol. The van der Waals surface area contributed by atoms with E-state index in [9.17, 15) is 0 Å². The van der Waals surface area contributed by atoms with Crippen LogP contribution in [0.25, 0.3) is 0 Å². The first-order valence-electron chi connectivity index (χ1n) is 4.32. The number of nitrogens with one attached hydrogen (secondary N) is 3. The summed E-state index contributed by atoms with van der Waals surface area (Å²) in [6.45, 7) is 0. The third-order valence-corrected chi connectivity index (χ3v) is 1.59. The molecule has 0 aliphatic carbocycles. The number of hydrogen-bond acceptors (Lipinski definition) is 6. The SMILES string of the molecule is CONc1cc(NOC)cc(NOC)c1. The topological polar surface area (TPSA) is 63.8 Å². The van der Waals surface area contributed by atoms with Gasteiger partial charge in [0.15, 0.2) is 0 Å². The van der Waals surface area contributed by atoms with Crippen molar-refractivity contribution in [3.63, 3.8) is 0 Å². The lowest BCUT2D eigenvalue weighted by atomic mass is 10.2. The van der Waals surface area contributed by atoms with Crippen molar-refractivity contribution >= 4 is 17.1 Å². The van der Waals surface area contributed by atoms with Gasteiger partial charge >= 0.3 is 0 Å². The van der Waals surface area contributed by atoms with Gasteiger partial charge in [-0.15, -0.1) is 0 Å². The van der Waals surface area contributed by atoms with E-state index >= 15 is 0 Å². The van der Waals surface area contributed by atoms with Gasteiger partial charge in [0.1, 0.15) is 0 Å². The second-order valence-corrected chi connectivity index (χ2v) is 2.72. The summed E-state index contributed by atoms with van der Waals surface area (Å²) in [7, 11) is 4.62. The standard InChI is InChI=1S/C9H15N3O3/c1-13-10-7-4-8(11-14-2)6-9(5-7)12-15-3/h4-6,10-12H,1-3H3. The highest BCUT2D eigenvalue weighted by Crippen LogP contribution is 2.22. The molecule has 0 saturated heterocycles. The Morgan fingerprint density at radius 2 is 0.933 bits per heavy atom. The minimum atomic E-state index is 0.777. The molecule has 0 aromatic heterocycles. The van der Waals surface area contributed by atoms with Crippen molar-refractivity contribution in [2.24, 2.45) is 0 Å². The maximum Gasteiger partial charge on any atom is 0.0647 e. The summed E-state index contributed by atoms with van der Waals surface area (Å²) in [4.78, 5) is 14.4. The Balaban J connectivity index is 2.86. The fourth-order valence-corrected chi connectivity index (χ4v) is 1.16. The van der Waals surface area contributed by atoms with E-state index in [1.54, 1.807) is 21.3 Å². The van der Waals surface area contributed by atoms with Crippen LogP contribution < -0.4 is 16.4 Å². The molecule has 0 spiro atoms. The van der Waals surface area contributed by atoms with Crippen LogP contribution in [0.1, 0.15) is 0 Å². The van der Waals surface area contributed by atoms with Crippen LogP contribution in [0, 0.1) is 0 Å². The van der Waals surface area contributed by atoms with Crippen LogP contribution >= 0.6 is 0 Å². The monoisotopic (exact) mass is 213 g/mol. The van der Waals surface area contributed by atoms with Crippen LogP contribution in [-0.4, -0.2) is 21.3 Å². The first-order valence-corrected chi connectivity index (χ1v) is 4.32. The number of anilines is 3. The van der Waals surface area contributed by atoms with Gasteiger partial charge in [-0.25, -0.2) is 0 Å². The molecule has 0 aliphatic rings. The minimum Gasteiger partial charge on any atom is -0.279 e. The molecule has 6 nitrogen and oxygen atoms in total. The van der Waals surface area contributed by atoms with Gasteiger partial charge in [0.05, 0.1) is 38.4 Å². The summed E-state index contributed by atoms with van der Waals surface area (Å²) in [5.41, 5.74) is 10.5. The highest BCUT2D eigenvalue weighted by molar-refractivity contribution is 5.65. The fraction of sp³-hybridized carbons (Fsp3) is 0.333. The van der Waals surface area contributed by atoms with E-state index in [2.05, 4.69) is 16.4 Å². The molecular formula is C9H15N3O3. The van der Waals surface area contributed by atoms with Gasteiger partial charge in [-0.3, -0.25) is 31.0 Å². The Morgan fingerprint density at radius 1 is 0.667 bits per heavy atom. The van der Waals surface area contributed by atoms with E-state index in [0.29, 0.717) is 0 Å². The van der Waals surface area contributed by atoms with Crippen LogP contribution in [0.2, 0.25) is 0 Å². The maximum atomic E-state index is 4.81. The molecule has 0 amide bonds. The predicted octanol–water partition coefficient (Wildman–Crippen LogP) is 1.61. The van der Waals surface area contributed by atoms with Crippen molar-refractivity contribution in [2.75, 3.05) is 37.8 Å². The number of rotatable bonds is 6. The van der Waals surface area contributed by atoms with E-state index in [0.717, 1.165) is 17.1 Å². The Bertz CT molecular complexity index is 247. The van der Waals surface area contributed by atoms with Gasteiger partial charge in [0, 0.05) is 0 Å². The Labute approximate surface area is 88.4 Å². The van der Waals surface area contributed by atoms with Crippen LogP contribution in [0.5, 0.6) is 0 Å². The fourth-order valence-electron chi connectivity index (χ4n) is 1.16. The van der Waals surface area contributed by atoms with Crippen molar-refractivity contribution in [1.29, 1.82) is 0 Å². The van der Waals surface area contributed by atoms with Gasteiger partial charge < -0.3 is 0 Å². The zero-order chi connectivity index (χ0) is 11.1. The van der Waals surface area contributed by atoms with Crippen LogP contribution in [0.15, 0.2) is 18.2 Å². The summed E-state index contributed by atoms with van der Waals surface area (Å²) in [6.07, 6.45) is 0. The van der Waals surface area contributed by atoms with Crippen molar-refractivity contribution < 1.29 is 14.5 Å². The molecule has 6 heteroatoms. The molecular weight excluding hydrogens is 198 g/mol. The molecule has 0 radical (unpaired) electrons. The van der Waals surface area contributed by atoms with Crippen molar-refractivity contribution in [1.82, 2.24) is 0 Å². The lowest BCUT2D eigenvalue weighted by molar-refractivity contribution is 0.266. The molecule has 0 atom stereocenters. The lowest BCUT2D eigenvalue weighted by Crippen LogP contribution is -2.02. The van der Waals surface area contributed by atoms with E-state index in [1.165, 1.54) is 0 Å². The molecule has 0 saturated carbocycles. The molecule has 0 aliphatic heterocycles. The second kappa shape index (κ2) is 6.07. The first kappa shape index (κ1) is 11.6. The summed E-state index contributed by atoms with van der Waals surface area (Å²) in [6, 6.07) is 5.48. The highest BCUT2D eigenvalue weighted by atomic mass is 16.6. The summed E-state index contributed by atoms with van der Waals surface area (Å²) in [5.74, 6) is 0. The van der Waals surface area contributed by atoms with E-state index in [-0.39, 0.29) is 0 Å². The van der Waals surface area contributed by atoms with Gasteiger partial charge in [0.25, 0.3) is 0 Å². The van der Waals surface area contributed by atoms with Gasteiger partial charge in [0.2, 0.25) is 0 Å². The smallest absolute Gasteiger partial charge is 0.0647 e. The molecule has 0 unspecified atom stereocenters. The Morgan fingerprint density at radius 3 is 1.13 bits per heavy atom. The first-order chi connectivity index (χ1) is 7.30. The van der Waals surface area contributed by atoms with Crippen molar-refractivity contribution in [2.45, 2.75) is 0 Å². The molecule has 1 aromatic rings. The van der Waals surface area contributed by atoms with Crippen LogP contribution in [-0.2, 0) is 14.5 Å². The second-order valence-electron chi connectivity index (χ2n) is 2.72. The highest BCUT2D eigenvalue weighted by Gasteiger charge is 2.00. The van der Waals surface area contributed by atoms with Gasteiger partial charge in [-0.2, -0.15) is 0 Å². The Kier molecular flexibility index (Phi) is 4.69. The van der Waals surface area contributed by atoms with Crippen LogP contribution in [0.4, 0.5) is 17.1 Å². The predicted molar refractivity (Wildman–Crippen MR) is 58.3 cm³/mol. The number of hydrogen-bond donors (Lipinski definition) is 3. The molecule has 0 bridgehead atoms. The zero-order valence-corrected chi connectivity index (χ0v) is 8.96. The van der Waals surface area contributed by atoms with Gasteiger partial charge in [-0.05, 0) is 18.2 Å². The molecule has 0 fully saturated rings. The molecule has 84 valence electrons.